The summed E-state index contributed by atoms with van der Waals surface area (Å²) in [6, 6.07) is 0. The Morgan fingerprint density at radius 3 is 2.82 bits per heavy atom. The Bertz CT molecular complexity index is 312. The van der Waals surface area contributed by atoms with Crippen molar-refractivity contribution in [3.63, 3.8) is 0 Å². The van der Waals surface area contributed by atoms with Crippen LogP contribution >= 0.6 is 0 Å². The molecule has 0 radical (unpaired) electrons. The minimum atomic E-state index is 0.139. The topological polar surface area (TPSA) is 26.3 Å². The molecule has 1 aliphatic heterocycles. The molecule has 1 spiro atoms. The smallest absolute Gasteiger partial charge is 0.309 e. The minimum absolute atomic E-state index is 0.139. The van der Waals surface area contributed by atoms with Gasteiger partial charge in [0.25, 0.3) is 0 Å². The summed E-state index contributed by atoms with van der Waals surface area (Å²) in [5.74, 6) is 1.07. The summed E-state index contributed by atoms with van der Waals surface area (Å²) in [4.78, 5) is 12.1. The average molecular weight is 236 g/mol. The first-order valence-electron chi connectivity index (χ1n) is 7.48. The fraction of sp³-hybridized carbons (Fsp3) is 0.933. The Morgan fingerprint density at radius 1 is 1.29 bits per heavy atom. The van der Waals surface area contributed by atoms with Gasteiger partial charge in [-0.2, -0.15) is 0 Å². The molecule has 1 heterocycles. The zero-order chi connectivity index (χ0) is 11.9. The number of carbonyl (C=O) groups excluding carboxylic acids is 1. The van der Waals surface area contributed by atoms with Crippen molar-refractivity contribution in [1.82, 2.24) is 0 Å². The van der Waals surface area contributed by atoms with E-state index in [-0.39, 0.29) is 18.0 Å². The predicted octanol–water partition coefficient (Wildman–Crippen LogP) is 3.69. The number of ether oxygens (including phenoxy) is 1. The fourth-order valence-corrected chi connectivity index (χ4v) is 4.85. The van der Waals surface area contributed by atoms with Gasteiger partial charge in [-0.25, -0.2) is 0 Å². The number of fused-ring (bicyclic) bond motifs is 1. The van der Waals surface area contributed by atoms with Crippen molar-refractivity contribution in [3.05, 3.63) is 0 Å². The summed E-state index contributed by atoms with van der Waals surface area (Å²) in [5.41, 5.74) is 0.355. The monoisotopic (exact) mass is 236 g/mol. The second-order valence-corrected chi connectivity index (χ2v) is 6.29. The van der Waals surface area contributed by atoms with Crippen LogP contribution in [0.15, 0.2) is 0 Å². The fourth-order valence-electron chi connectivity index (χ4n) is 4.85. The van der Waals surface area contributed by atoms with E-state index < -0.39 is 0 Å². The van der Waals surface area contributed by atoms with Crippen molar-refractivity contribution >= 4 is 5.97 Å². The van der Waals surface area contributed by atoms with Crippen molar-refractivity contribution < 1.29 is 9.53 Å². The molecule has 0 amide bonds. The van der Waals surface area contributed by atoms with Gasteiger partial charge >= 0.3 is 5.97 Å². The maximum atomic E-state index is 12.1. The van der Waals surface area contributed by atoms with E-state index in [0.29, 0.717) is 11.3 Å². The van der Waals surface area contributed by atoms with Crippen molar-refractivity contribution in [2.45, 2.75) is 70.8 Å². The second-order valence-electron chi connectivity index (χ2n) is 6.29. The highest BCUT2D eigenvalue weighted by molar-refractivity contribution is 5.75. The highest BCUT2D eigenvalue weighted by Crippen LogP contribution is 2.60. The normalized spacial score (nSPS) is 44.3. The van der Waals surface area contributed by atoms with E-state index in [1.54, 1.807) is 0 Å². The molecular formula is C15H24O2. The number of unbranched alkanes of at least 4 members (excludes halogenated alkanes) is 1. The quantitative estimate of drug-likeness (QED) is 0.699. The van der Waals surface area contributed by atoms with Gasteiger partial charge < -0.3 is 4.74 Å². The van der Waals surface area contributed by atoms with Gasteiger partial charge in [0.05, 0.1) is 5.92 Å². The van der Waals surface area contributed by atoms with E-state index in [4.69, 9.17) is 4.74 Å². The van der Waals surface area contributed by atoms with E-state index >= 15 is 0 Å². The molecule has 0 unspecified atom stereocenters. The highest BCUT2D eigenvalue weighted by Gasteiger charge is 2.59. The Morgan fingerprint density at radius 2 is 2.06 bits per heavy atom. The van der Waals surface area contributed by atoms with Gasteiger partial charge in [-0.1, -0.05) is 26.2 Å². The van der Waals surface area contributed by atoms with E-state index in [1.165, 1.54) is 44.9 Å². The van der Waals surface area contributed by atoms with Gasteiger partial charge in [0.1, 0.15) is 6.10 Å². The summed E-state index contributed by atoms with van der Waals surface area (Å²) in [6.07, 6.45) is 11.4. The molecule has 2 saturated carbocycles. The highest BCUT2D eigenvalue weighted by atomic mass is 16.5. The van der Waals surface area contributed by atoms with Crippen molar-refractivity contribution in [2.24, 2.45) is 17.3 Å². The lowest BCUT2D eigenvalue weighted by Crippen LogP contribution is -2.53. The van der Waals surface area contributed by atoms with E-state index in [1.807, 2.05) is 0 Å². The molecule has 96 valence electrons. The van der Waals surface area contributed by atoms with Crippen LogP contribution in [0.25, 0.3) is 0 Å². The maximum Gasteiger partial charge on any atom is 0.309 e. The summed E-state index contributed by atoms with van der Waals surface area (Å²) in [5, 5.41) is 0. The molecule has 3 aliphatic rings. The first-order valence-corrected chi connectivity index (χ1v) is 7.48. The second kappa shape index (κ2) is 4.29. The summed E-state index contributed by atoms with van der Waals surface area (Å²) >= 11 is 0. The van der Waals surface area contributed by atoms with Crippen LogP contribution in [0.3, 0.4) is 0 Å². The molecule has 0 N–H and O–H groups in total. The maximum absolute atomic E-state index is 12.1. The summed E-state index contributed by atoms with van der Waals surface area (Å²) in [6.45, 7) is 2.26. The lowest BCUT2D eigenvalue weighted by molar-refractivity contribution is -0.191. The number of carbonyl (C=O) groups is 1. The molecule has 0 aromatic carbocycles. The molecule has 4 atom stereocenters. The van der Waals surface area contributed by atoms with Gasteiger partial charge in [-0.15, -0.1) is 0 Å². The molecule has 3 fully saturated rings. The number of esters is 1. The molecule has 2 bridgehead atoms. The van der Waals surface area contributed by atoms with Crippen LogP contribution in [0.2, 0.25) is 0 Å². The standard InChI is InChI=1S/C15H24O2/c1-2-3-6-11-13-8-5-10-15(11)9-4-7-12(15)14(16)17-13/h11-13H,2-10H2,1H3/t11-,12-,13+,15+/m1/s1. The Kier molecular flexibility index (Phi) is 2.92. The molecule has 2 aliphatic carbocycles. The van der Waals surface area contributed by atoms with Crippen molar-refractivity contribution in [3.8, 4) is 0 Å². The summed E-state index contributed by atoms with van der Waals surface area (Å²) in [7, 11) is 0. The Balaban J connectivity index is 1.88. The third kappa shape index (κ3) is 1.63. The summed E-state index contributed by atoms with van der Waals surface area (Å²) < 4.78 is 5.74. The molecule has 0 aromatic heterocycles. The van der Waals surface area contributed by atoms with Crippen LogP contribution in [0.5, 0.6) is 0 Å². The largest absolute Gasteiger partial charge is 0.462 e. The van der Waals surface area contributed by atoms with Crippen molar-refractivity contribution in [1.29, 1.82) is 0 Å². The SMILES string of the molecule is CCCC[C@@H]1[C@@H]2CCC[C@@]13CCC[C@@H]3C(=O)O2. The van der Waals surface area contributed by atoms with E-state index in [0.717, 1.165) is 12.8 Å². The van der Waals surface area contributed by atoms with Crippen molar-refractivity contribution in [2.75, 3.05) is 0 Å². The van der Waals surface area contributed by atoms with Crippen LogP contribution in [0.1, 0.15) is 64.7 Å². The van der Waals surface area contributed by atoms with Crippen LogP contribution in [-0.2, 0) is 9.53 Å². The number of hydrogen-bond acceptors (Lipinski definition) is 2. The lowest BCUT2D eigenvalue weighted by Gasteiger charge is -2.52. The third-order valence-corrected chi connectivity index (χ3v) is 5.57. The van der Waals surface area contributed by atoms with E-state index in [9.17, 15) is 4.79 Å². The molecule has 2 nitrogen and oxygen atoms in total. The van der Waals surface area contributed by atoms with Gasteiger partial charge in [-0.3, -0.25) is 4.79 Å². The van der Waals surface area contributed by atoms with Crippen LogP contribution in [-0.4, -0.2) is 12.1 Å². The zero-order valence-electron chi connectivity index (χ0n) is 10.9. The Labute approximate surface area is 104 Å². The molecular weight excluding hydrogens is 212 g/mol. The van der Waals surface area contributed by atoms with Crippen LogP contribution in [0.4, 0.5) is 0 Å². The molecule has 1 saturated heterocycles. The van der Waals surface area contributed by atoms with Crippen LogP contribution in [0, 0.1) is 17.3 Å². The van der Waals surface area contributed by atoms with Crippen LogP contribution < -0.4 is 0 Å². The lowest BCUT2D eigenvalue weighted by atomic mass is 9.57. The first-order chi connectivity index (χ1) is 8.28. The predicted molar refractivity (Wildman–Crippen MR) is 66.5 cm³/mol. The molecule has 17 heavy (non-hydrogen) atoms. The van der Waals surface area contributed by atoms with E-state index in [2.05, 4.69) is 6.92 Å². The average Bonchev–Trinajstić information content (AvgIpc) is 2.72. The van der Waals surface area contributed by atoms with Gasteiger partial charge in [0.15, 0.2) is 0 Å². The molecule has 0 aromatic rings. The van der Waals surface area contributed by atoms with Gasteiger partial charge in [0.2, 0.25) is 0 Å². The number of rotatable bonds is 3. The zero-order valence-corrected chi connectivity index (χ0v) is 10.9. The van der Waals surface area contributed by atoms with Gasteiger partial charge in [0, 0.05) is 5.92 Å². The molecule has 2 heteroatoms. The minimum Gasteiger partial charge on any atom is -0.462 e. The Hall–Kier alpha value is -0.530. The first kappa shape index (κ1) is 11.6. The van der Waals surface area contributed by atoms with Gasteiger partial charge in [-0.05, 0) is 43.9 Å². The number of hydrogen-bond donors (Lipinski definition) is 0. The third-order valence-electron chi connectivity index (χ3n) is 5.57. The molecule has 3 rings (SSSR count).